The number of nitrogens with two attached hydrogens (primary N) is 1. The Morgan fingerprint density at radius 2 is 2.00 bits per heavy atom. The molecule has 0 unspecified atom stereocenters. The van der Waals surface area contributed by atoms with Crippen molar-refractivity contribution in [3.05, 3.63) is 54.1 Å². The van der Waals surface area contributed by atoms with Crippen LogP contribution in [0.25, 0.3) is 0 Å². The van der Waals surface area contributed by atoms with Crippen LogP contribution in [0.3, 0.4) is 0 Å². The summed E-state index contributed by atoms with van der Waals surface area (Å²) in [4.78, 5) is 0. The van der Waals surface area contributed by atoms with E-state index in [1.54, 1.807) is 25.3 Å². The second-order valence-corrected chi connectivity index (χ2v) is 3.86. The van der Waals surface area contributed by atoms with E-state index in [1.165, 1.54) is 0 Å². The van der Waals surface area contributed by atoms with E-state index < -0.39 is 0 Å². The first-order valence-electron chi connectivity index (χ1n) is 5.62. The fourth-order valence-electron chi connectivity index (χ4n) is 1.57. The van der Waals surface area contributed by atoms with Crippen LogP contribution in [0, 0.1) is 0 Å². The number of benzene rings is 1. The third-order valence-electron chi connectivity index (χ3n) is 2.53. The molecule has 1 aliphatic heterocycles. The number of anilines is 1. The van der Waals surface area contributed by atoms with Crippen LogP contribution in [0.5, 0.6) is 11.5 Å². The lowest BCUT2D eigenvalue weighted by Crippen LogP contribution is -2.07. The molecule has 2 rings (SSSR count). The lowest BCUT2D eigenvalue weighted by atomic mass is 10.2. The molecular weight excluding hydrogens is 228 g/mol. The number of ether oxygens (including phenoxy) is 2. The molecule has 0 amide bonds. The van der Waals surface area contributed by atoms with Gasteiger partial charge in [0.15, 0.2) is 11.5 Å². The normalized spacial score (nSPS) is 14.1. The minimum atomic E-state index is 0.597. The molecule has 1 aromatic carbocycles. The Morgan fingerprint density at radius 3 is 2.78 bits per heavy atom. The maximum Gasteiger partial charge on any atom is 0.171 e. The van der Waals surface area contributed by atoms with Gasteiger partial charge in [0, 0.05) is 18.0 Å². The van der Waals surface area contributed by atoms with E-state index in [9.17, 15) is 0 Å². The van der Waals surface area contributed by atoms with Crippen molar-refractivity contribution in [3.8, 4) is 11.5 Å². The summed E-state index contributed by atoms with van der Waals surface area (Å²) in [6.07, 6.45) is 7.53. The zero-order chi connectivity index (χ0) is 13.0. The molecule has 0 saturated heterocycles. The molecule has 1 heterocycles. The van der Waals surface area contributed by atoms with Gasteiger partial charge in [-0.25, -0.2) is 0 Å². The molecule has 0 fully saturated rings. The molecule has 1 aromatic rings. The predicted octanol–water partition coefficient (Wildman–Crippen LogP) is 2.56. The quantitative estimate of drug-likeness (QED) is 0.802. The van der Waals surface area contributed by atoms with Gasteiger partial charge in [-0.1, -0.05) is 6.08 Å². The Balaban J connectivity index is 2.31. The Labute approximate surface area is 106 Å². The molecule has 0 aromatic heterocycles. The minimum absolute atomic E-state index is 0.597. The highest BCUT2D eigenvalue weighted by Gasteiger charge is 2.09. The lowest BCUT2D eigenvalue weighted by Gasteiger charge is -2.13. The second-order valence-electron chi connectivity index (χ2n) is 3.86. The third-order valence-corrected chi connectivity index (χ3v) is 2.53. The van der Waals surface area contributed by atoms with Crippen LogP contribution in [0.2, 0.25) is 0 Å². The summed E-state index contributed by atoms with van der Waals surface area (Å²) in [5.41, 5.74) is 7.31. The predicted molar refractivity (Wildman–Crippen MR) is 72.2 cm³/mol. The van der Waals surface area contributed by atoms with Crippen molar-refractivity contribution in [2.24, 2.45) is 0 Å². The first-order valence-corrected chi connectivity index (χ1v) is 5.62. The summed E-state index contributed by atoms with van der Waals surface area (Å²) in [6.45, 7) is 1.94. The summed E-state index contributed by atoms with van der Waals surface area (Å²) in [7, 11) is 1.60. The van der Waals surface area contributed by atoms with Crippen molar-refractivity contribution in [1.82, 2.24) is 5.32 Å². The number of hydrogen-bond acceptors (Lipinski definition) is 4. The Hall–Kier alpha value is -2.36. The van der Waals surface area contributed by atoms with Crippen molar-refractivity contribution in [2.45, 2.75) is 6.92 Å². The number of rotatable bonds is 3. The van der Waals surface area contributed by atoms with E-state index in [-0.39, 0.29) is 0 Å². The SMILES string of the molecule is COc1ccc(N)cc1OC1=C(C)NC=CC=C1. The number of allylic oxidation sites excluding steroid dienone is 4. The van der Waals surface area contributed by atoms with Crippen LogP contribution in [0.15, 0.2) is 54.1 Å². The number of nitrogens with one attached hydrogen (secondary N) is 1. The zero-order valence-electron chi connectivity index (χ0n) is 10.4. The Kier molecular flexibility index (Phi) is 3.57. The molecule has 18 heavy (non-hydrogen) atoms. The van der Waals surface area contributed by atoms with Crippen molar-refractivity contribution in [3.63, 3.8) is 0 Å². The molecule has 0 saturated carbocycles. The van der Waals surface area contributed by atoms with Crippen molar-refractivity contribution in [2.75, 3.05) is 12.8 Å². The van der Waals surface area contributed by atoms with E-state index >= 15 is 0 Å². The smallest absolute Gasteiger partial charge is 0.171 e. The van der Waals surface area contributed by atoms with E-state index in [4.69, 9.17) is 15.2 Å². The van der Waals surface area contributed by atoms with E-state index in [0.29, 0.717) is 17.2 Å². The number of hydrogen-bond donors (Lipinski definition) is 2. The summed E-state index contributed by atoms with van der Waals surface area (Å²) >= 11 is 0. The van der Waals surface area contributed by atoms with Gasteiger partial charge in [0.05, 0.1) is 12.8 Å². The van der Waals surface area contributed by atoms with E-state index in [2.05, 4.69) is 5.32 Å². The third kappa shape index (κ3) is 2.66. The van der Waals surface area contributed by atoms with Gasteiger partial charge >= 0.3 is 0 Å². The molecule has 0 aliphatic carbocycles. The average Bonchev–Trinajstić information content (AvgIpc) is 2.55. The van der Waals surface area contributed by atoms with Crippen LogP contribution in [-0.2, 0) is 0 Å². The van der Waals surface area contributed by atoms with Crippen molar-refractivity contribution >= 4 is 5.69 Å². The number of nitrogen functional groups attached to an aromatic ring is 1. The van der Waals surface area contributed by atoms with Crippen LogP contribution in [-0.4, -0.2) is 7.11 Å². The van der Waals surface area contributed by atoms with Crippen LogP contribution in [0.1, 0.15) is 6.92 Å². The molecule has 0 atom stereocenters. The van der Waals surface area contributed by atoms with Gasteiger partial charge in [0.2, 0.25) is 0 Å². The maximum absolute atomic E-state index is 5.84. The molecule has 4 heteroatoms. The summed E-state index contributed by atoms with van der Waals surface area (Å²) in [6, 6.07) is 5.30. The zero-order valence-corrected chi connectivity index (χ0v) is 10.4. The molecular formula is C14H16N2O2. The largest absolute Gasteiger partial charge is 0.493 e. The second kappa shape index (κ2) is 5.31. The molecule has 0 bridgehead atoms. The number of methoxy groups -OCH3 is 1. The highest BCUT2D eigenvalue weighted by atomic mass is 16.5. The summed E-state index contributed by atoms with van der Waals surface area (Å²) in [5, 5.41) is 3.11. The molecule has 0 radical (unpaired) electrons. The van der Waals surface area contributed by atoms with Gasteiger partial charge < -0.3 is 20.5 Å². The van der Waals surface area contributed by atoms with Gasteiger partial charge in [-0.05, 0) is 31.2 Å². The van der Waals surface area contributed by atoms with Gasteiger partial charge in [-0.15, -0.1) is 0 Å². The summed E-state index contributed by atoms with van der Waals surface area (Å²) in [5.74, 6) is 1.97. The van der Waals surface area contributed by atoms with Crippen molar-refractivity contribution < 1.29 is 9.47 Å². The Bertz CT molecular complexity index is 531. The standard InChI is InChI=1S/C14H16N2O2/c1-10-12(5-3-4-8-16-10)18-14-9-11(15)6-7-13(14)17-2/h3-9,16H,15H2,1-2H3. The first kappa shape index (κ1) is 12.1. The maximum atomic E-state index is 5.84. The van der Waals surface area contributed by atoms with Crippen LogP contribution in [0.4, 0.5) is 5.69 Å². The summed E-state index contributed by atoms with van der Waals surface area (Å²) < 4.78 is 11.1. The van der Waals surface area contributed by atoms with Gasteiger partial charge in [0.25, 0.3) is 0 Å². The Morgan fingerprint density at radius 1 is 1.17 bits per heavy atom. The van der Waals surface area contributed by atoms with Gasteiger partial charge in [-0.3, -0.25) is 0 Å². The van der Waals surface area contributed by atoms with Crippen LogP contribution < -0.4 is 20.5 Å². The fourth-order valence-corrected chi connectivity index (χ4v) is 1.57. The highest BCUT2D eigenvalue weighted by molar-refractivity contribution is 5.53. The highest BCUT2D eigenvalue weighted by Crippen LogP contribution is 2.31. The topological polar surface area (TPSA) is 56.5 Å². The minimum Gasteiger partial charge on any atom is -0.493 e. The fraction of sp³-hybridized carbons (Fsp3) is 0.143. The molecule has 0 spiro atoms. The molecule has 94 valence electrons. The molecule has 3 N–H and O–H groups in total. The van der Waals surface area contributed by atoms with Gasteiger partial charge in [-0.2, -0.15) is 0 Å². The van der Waals surface area contributed by atoms with Gasteiger partial charge in [0.1, 0.15) is 5.76 Å². The monoisotopic (exact) mass is 244 g/mol. The first-order chi connectivity index (χ1) is 8.70. The van der Waals surface area contributed by atoms with E-state index in [0.717, 1.165) is 11.5 Å². The van der Waals surface area contributed by atoms with E-state index in [1.807, 2.05) is 31.4 Å². The molecule has 1 aliphatic rings. The van der Waals surface area contributed by atoms with Crippen LogP contribution >= 0.6 is 0 Å². The van der Waals surface area contributed by atoms with Crippen molar-refractivity contribution in [1.29, 1.82) is 0 Å². The average molecular weight is 244 g/mol. The molecule has 4 nitrogen and oxygen atoms in total. The lowest BCUT2D eigenvalue weighted by molar-refractivity contribution is 0.365.